The summed E-state index contributed by atoms with van der Waals surface area (Å²) in [5.74, 6) is 0.709. The van der Waals surface area contributed by atoms with E-state index in [1.165, 1.54) is 6.20 Å². The third kappa shape index (κ3) is 2.81. The number of hydrogen-bond donors (Lipinski definition) is 2. The number of anilines is 2. The molecule has 0 saturated carbocycles. The molecule has 0 atom stereocenters. The van der Waals surface area contributed by atoms with Crippen molar-refractivity contribution in [3.05, 3.63) is 11.8 Å². The van der Waals surface area contributed by atoms with E-state index >= 15 is 0 Å². The van der Waals surface area contributed by atoms with Gasteiger partial charge in [-0.25, -0.2) is 4.98 Å². The fourth-order valence-electron chi connectivity index (χ4n) is 1.27. The lowest BCUT2D eigenvalue weighted by molar-refractivity contribution is 0.668. The molecule has 1 aromatic rings. The van der Waals surface area contributed by atoms with Gasteiger partial charge in [-0.05, 0) is 12.8 Å². The van der Waals surface area contributed by atoms with Crippen molar-refractivity contribution in [2.75, 3.05) is 11.1 Å². The molecule has 0 fully saturated rings. The summed E-state index contributed by atoms with van der Waals surface area (Å²) in [4.78, 5) is 7.79. The minimum absolute atomic E-state index is 0.183. The Hall–Kier alpha value is -1.83. The van der Waals surface area contributed by atoms with E-state index < -0.39 is 0 Å². The van der Waals surface area contributed by atoms with Crippen LogP contribution in [0.3, 0.4) is 0 Å². The molecule has 0 unspecified atom stereocenters. The molecular weight excluding hydrogens is 190 g/mol. The summed E-state index contributed by atoms with van der Waals surface area (Å²) in [6, 6.07) is 2.34. The van der Waals surface area contributed by atoms with Crippen molar-refractivity contribution in [2.24, 2.45) is 0 Å². The highest BCUT2D eigenvalue weighted by Crippen LogP contribution is 2.14. The van der Waals surface area contributed by atoms with Gasteiger partial charge in [-0.2, -0.15) is 10.2 Å². The first-order chi connectivity index (χ1) is 7.21. The molecule has 0 saturated heterocycles. The van der Waals surface area contributed by atoms with Crippen molar-refractivity contribution in [2.45, 2.75) is 32.7 Å². The minimum atomic E-state index is 0.183. The van der Waals surface area contributed by atoms with Crippen LogP contribution in [0.4, 0.5) is 11.8 Å². The maximum atomic E-state index is 8.86. The van der Waals surface area contributed by atoms with E-state index in [1.54, 1.807) is 0 Å². The van der Waals surface area contributed by atoms with Crippen LogP contribution in [0.5, 0.6) is 0 Å². The number of nitrogens with two attached hydrogens (primary N) is 1. The average Bonchev–Trinajstić information content (AvgIpc) is 2.26. The molecule has 0 aromatic carbocycles. The van der Waals surface area contributed by atoms with Crippen molar-refractivity contribution >= 4 is 11.8 Å². The van der Waals surface area contributed by atoms with Crippen molar-refractivity contribution in [1.29, 1.82) is 5.26 Å². The molecule has 3 N–H and O–H groups in total. The van der Waals surface area contributed by atoms with Crippen LogP contribution in [-0.4, -0.2) is 16.0 Å². The fraction of sp³-hybridized carbons (Fsp3) is 0.500. The summed E-state index contributed by atoms with van der Waals surface area (Å²) < 4.78 is 0. The number of nitrogens with zero attached hydrogens (tertiary/aromatic N) is 3. The van der Waals surface area contributed by atoms with Gasteiger partial charge in [-0.15, -0.1) is 0 Å². The Labute approximate surface area is 89.3 Å². The molecule has 1 rings (SSSR count). The highest BCUT2D eigenvalue weighted by Gasteiger charge is 2.09. The maximum Gasteiger partial charge on any atom is 0.222 e. The van der Waals surface area contributed by atoms with Gasteiger partial charge in [-0.3, -0.25) is 0 Å². The quantitative estimate of drug-likeness (QED) is 0.778. The first kappa shape index (κ1) is 11.2. The molecule has 0 radical (unpaired) electrons. The molecule has 0 aliphatic carbocycles. The first-order valence-corrected chi connectivity index (χ1v) is 5.00. The summed E-state index contributed by atoms with van der Waals surface area (Å²) in [6.07, 6.45) is 3.39. The molecule has 0 spiro atoms. The number of hydrogen-bond acceptors (Lipinski definition) is 5. The van der Waals surface area contributed by atoms with Gasteiger partial charge in [0.2, 0.25) is 5.95 Å². The van der Waals surface area contributed by atoms with Gasteiger partial charge >= 0.3 is 0 Å². The van der Waals surface area contributed by atoms with Gasteiger partial charge < -0.3 is 11.1 Å². The Morgan fingerprint density at radius 3 is 2.73 bits per heavy atom. The van der Waals surface area contributed by atoms with Crippen LogP contribution in [0, 0.1) is 11.3 Å². The summed E-state index contributed by atoms with van der Waals surface area (Å²) in [7, 11) is 0. The molecule has 0 aliphatic rings. The van der Waals surface area contributed by atoms with Crippen molar-refractivity contribution in [3.63, 3.8) is 0 Å². The van der Waals surface area contributed by atoms with E-state index in [2.05, 4.69) is 29.1 Å². The van der Waals surface area contributed by atoms with Gasteiger partial charge in [0.05, 0.1) is 6.20 Å². The smallest absolute Gasteiger partial charge is 0.222 e. The molecule has 0 bridgehead atoms. The third-order valence-corrected chi connectivity index (χ3v) is 2.25. The second kappa shape index (κ2) is 5.15. The largest absolute Gasteiger partial charge is 0.368 e. The SMILES string of the molecule is CCC(CC)Nc1nc(N)ncc1C#N. The van der Waals surface area contributed by atoms with Crippen LogP contribution in [0.15, 0.2) is 6.20 Å². The van der Waals surface area contributed by atoms with E-state index in [0.29, 0.717) is 17.4 Å². The Balaban J connectivity index is 2.92. The molecule has 5 heteroatoms. The standard InChI is InChI=1S/C10H15N5/c1-3-8(4-2)14-9-7(5-11)6-13-10(12)15-9/h6,8H,3-4H2,1-2H3,(H3,12,13,14,15). The van der Waals surface area contributed by atoms with E-state index in [4.69, 9.17) is 11.0 Å². The average molecular weight is 205 g/mol. The zero-order chi connectivity index (χ0) is 11.3. The molecule has 80 valence electrons. The lowest BCUT2D eigenvalue weighted by atomic mass is 10.1. The summed E-state index contributed by atoms with van der Waals surface area (Å²) in [5, 5.41) is 12.0. The van der Waals surface area contributed by atoms with Crippen LogP contribution in [0.2, 0.25) is 0 Å². The third-order valence-electron chi connectivity index (χ3n) is 2.25. The van der Waals surface area contributed by atoms with Crippen LogP contribution < -0.4 is 11.1 Å². The predicted molar refractivity (Wildman–Crippen MR) is 59.2 cm³/mol. The second-order valence-corrected chi connectivity index (χ2v) is 3.26. The monoisotopic (exact) mass is 205 g/mol. The molecule has 5 nitrogen and oxygen atoms in total. The molecule has 0 aliphatic heterocycles. The number of nitriles is 1. The second-order valence-electron chi connectivity index (χ2n) is 3.26. The van der Waals surface area contributed by atoms with Crippen LogP contribution >= 0.6 is 0 Å². The molecule has 0 amide bonds. The zero-order valence-electron chi connectivity index (χ0n) is 8.99. The maximum absolute atomic E-state index is 8.86. The molecule has 15 heavy (non-hydrogen) atoms. The summed E-state index contributed by atoms with van der Waals surface area (Å²) in [5.41, 5.74) is 5.90. The van der Waals surface area contributed by atoms with Gasteiger partial charge in [0.15, 0.2) is 0 Å². The van der Waals surface area contributed by atoms with Gasteiger partial charge in [0.25, 0.3) is 0 Å². The van der Waals surface area contributed by atoms with Crippen molar-refractivity contribution in [3.8, 4) is 6.07 Å². The Bertz CT molecular complexity index is 365. The Morgan fingerprint density at radius 2 is 2.20 bits per heavy atom. The highest BCUT2D eigenvalue weighted by molar-refractivity contribution is 5.53. The number of aromatic nitrogens is 2. The highest BCUT2D eigenvalue weighted by atomic mass is 15.1. The minimum Gasteiger partial charge on any atom is -0.368 e. The lowest BCUT2D eigenvalue weighted by Crippen LogP contribution is -2.19. The van der Waals surface area contributed by atoms with Gasteiger partial charge in [-0.1, -0.05) is 13.8 Å². The fourth-order valence-corrected chi connectivity index (χ4v) is 1.27. The molecular formula is C10H15N5. The van der Waals surface area contributed by atoms with Crippen molar-refractivity contribution in [1.82, 2.24) is 9.97 Å². The number of nitrogens with one attached hydrogen (secondary N) is 1. The number of rotatable bonds is 4. The zero-order valence-corrected chi connectivity index (χ0v) is 8.99. The van der Waals surface area contributed by atoms with E-state index in [-0.39, 0.29) is 5.95 Å². The summed E-state index contributed by atoms with van der Waals surface area (Å²) >= 11 is 0. The first-order valence-electron chi connectivity index (χ1n) is 5.00. The molecule has 1 heterocycles. The predicted octanol–water partition coefficient (Wildman–Crippen LogP) is 1.53. The van der Waals surface area contributed by atoms with Crippen LogP contribution in [0.25, 0.3) is 0 Å². The van der Waals surface area contributed by atoms with E-state index in [1.807, 2.05) is 6.07 Å². The van der Waals surface area contributed by atoms with Crippen molar-refractivity contribution < 1.29 is 0 Å². The van der Waals surface area contributed by atoms with Crippen LogP contribution in [-0.2, 0) is 0 Å². The normalized spacial score (nSPS) is 10.0. The lowest BCUT2D eigenvalue weighted by Gasteiger charge is -2.15. The van der Waals surface area contributed by atoms with E-state index in [0.717, 1.165) is 12.8 Å². The Morgan fingerprint density at radius 1 is 1.53 bits per heavy atom. The van der Waals surface area contributed by atoms with Crippen LogP contribution in [0.1, 0.15) is 32.3 Å². The topological polar surface area (TPSA) is 87.6 Å². The number of nitrogen functional groups attached to an aromatic ring is 1. The summed E-state index contributed by atoms with van der Waals surface area (Å²) in [6.45, 7) is 4.16. The van der Waals surface area contributed by atoms with Gasteiger partial charge in [0, 0.05) is 6.04 Å². The van der Waals surface area contributed by atoms with Gasteiger partial charge in [0.1, 0.15) is 17.5 Å². The Kier molecular flexibility index (Phi) is 3.86. The van der Waals surface area contributed by atoms with E-state index in [9.17, 15) is 0 Å². The molecule has 1 aromatic heterocycles.